The van der Waals surface area contributed by atoms with Gasteiger partial charge >= 0.3 is 10.2 Å². The summed E-state index contributed by atoms with van der Waals surface area (Å²) in [4.78, 5) is 0. The van der Waals surface area contributed by atoms with Crippen LogP contribution in [-0.4, -0.2) is 13.7 Å². The predicted octanol–water partition coefficient (Wildman–Crippen LogP) is 2.64. The van der Waals surface area contributed by atoms with Gasteiger partial charge in [0.2, 0.25) is 0 Å². The molecule has 0 radical (unpaired) electrons. The van der Waals surface area contributed by atoms with Crippen molar-refractivity contribution in [2.24, 2.45) is 11.8 Å². The quantitative estimate of drug-likeness (QED) is 0.670. The number of rotatable bonds is 2. The Hall–Kier alpha value is -0.120. The van der Waals surface area contributed by atoms with Gasteiger partial charge in [-0.25, -0.2) is 0 Å². The summed E-state index contributed by atoms with van der Waals surface area (Å²) in [5.41, 5.74) is 0. The molecule has 0 heterocycles. The summed E-state index contributed by atoms with van der Waals surface area (Å²) in [7, 11) is -4.26. The lowest BCUT2D eigenvalue weighted by atomic mass is 9.70. The highest BCUT2D eigenvalue weighted by molar-refractivity contribution is 7.87. The Morgan fingerprint density at radius 1 is 0.857 bits per heavy atom. The predicted molar refractivity (Wildman–Crippen MR) is 53.1 cm³/mol. The molecule has 0 aromatic rings. The van der Waals surface area contributed by atoms with Crippen molar-refractivity contribution in [3.05, 3.63) is 0 Å². The van der Waals surface area contributed by atoms with Crippen LogP contribution in [0.15, 0.2) is 0 Å². The molecule has 0 aliphatic heterocycles. The van der Waals surface area contributed by atoms with Crippen LogP contribution < -0.4 is 0 Å². The molecule has 0 saturated heterocycles. The normalized spacial score (nSPS) is 35.2. The van der Waals surface area contributed by atoms with Crippen molar-refractivity contribution in [2.45, 2.75) is 50.2 Å². The minimum absolute atomic E-state index is 0.542. The molecule has 2 aliphatic rings. The molecule has 0 unspecified atom stereocenters. The Labute approximate surface area is 85.1 Å². The second-order valence-electron chi connectivity index (χ2n) is 4.70. The Morgan fingerprint density at radius 2 is 1.36 bits per heavy atom. The molecule has 0 aromatic heterocycles. The molecular formula is C10H17FO2S. The van der Waals surface area contributed by atoms with Gasteiger partial charge in [0.05, 0.1) is 5.25 Å². The van der Waals surface area contributed by atoms with Gasteiger partial charge in [-0.15, -0.1) is 3.89 Å². The Kier molecular flexibility index (Phi) is 2.82. The van der Waals surface area contributed by atoms with Crippen LogP contribution in [0.2, 0.25) is 0 Å². The van der Waals surface area contributed by atoms with Crippen LogP contribution in [-0.2, 0) is 10.2 Å². The fourth-order valence-corrected chi connectivity index (χ4v) is 3.59. The first-order valence-electron chi connectivity index (χ1n) is 5.51. The minimum Gasteiger partial charge on any atom is -0.195 e. The first-order chi connectivity index (χ1) is 6.57. The van der Waals surface area contributed by atoms with Crippen LogP contribution in [0.25, 0.3) is 0 Å². The molecule has 2 aliphatic carbocycles. The second kappa shape index (κ2) is 3.80. The molecule has 4 heteroatoms. The van der Waals surface area contributed by atoms with Crippen molar-refractivity contribution in [3.63, 3.8) is 0 Å². The fourth-order valence-electron chi connectivity index (χ4n) is 2.75. The van der Waals surface area contributed by atoms with E-state index in [0.717, 1.165) is 18.8 Å². The number of hydrogen-bond donors (Lipinski definition) is 0. The highest BCUT2D eigenvalue weighted by Gasteiger charge is 2.35. The SMILES string of the molecule is O=S(=O)(F)C1CCC(C2CCC2)CC1. The minimum atomic E-state index is -4.26. The maximum atomic E-state index is 12.7. The molecule has 2 nitrogen and oxygen atoms in total. The van der Waals surface area contributed by atoms with Gasteiger partial charge in [-0.05, 0) is 37.5 Å². The lowest BCUT2D eigenvalue weighted by Crippen LogP contribution is -2.30. The third kappa shape index (κ3) is 2.10. The average Bonchev–Trinajstić information content (AvgIpc) is 2.00. The fraction of sp³-hybridized carbons (Fsp3) is 1.00. The van der Waals surface area contributed by atoms with Gasteiger partial charge < -0.3 is 0 Å². The van der Waals surface area contributed by atoms with Crippen LogP contribution in [0.4, 0.5) is 3.89 Å². The highest BCUT2D eigenvalue weighted by Crippen LogP contribution is 2.42. The van der Waals surface area contributed by atoms with Gasteiger partial charge in [-0.1, -0.05) is 19.3 Å². The summed E-state index contributed by atoms with van der Waals surface area (Å²) in [5, 5.41) is -0.696. The largest absolute Gasteiger partial charge is 0.305 e. The van der Waals surface area contributed by atoms with E-state index in [-0.39, 0.29) is 0 Å². The van der Waals surface area contributed by atoms with E-state index < -0.39 is 15.5 Å². The van der Waals surface area contributed by atoms with Crippen molar-refractivity contribution in [3.8, 4) is 0 Å². The number of halogens is 1. The van der Waals surface area contributed by atoms with Crippen LogP contribution in [0, 0.1) is 11.8 Å². The molecule has 2 rings (SSSR count). The summed E-state index contributed by atoms with van der Waals surface area (Å²) in [6.07, 6.45) is 6.85. The Morgan fingerprint density at radius 3 is 1.71 bits per heavy atom. The van der Waals surface area contributed by atoms with E-state index in [4.69, 9.17) is 0 Å². The van der Waals surface area contributed by atoms with Crippen LogP contribution in [0.1, 0.15) is 44.9 Å². The van der Waals surface area contributed by atoms with Gasteiger partial charge in [0.1, 0.15) is 0 Å². The molecule has 14 heavy (non-hydrogen) atoms. The van der Waals surface area contributed by atoms with Gasteiger partial charge in [-0.2, -0.15) is 8.42 Å². The van der Waals surface area contributed by atoms with Crippen molar-refractivity contribution >= 4 is 10.2 Å². The van der Waals surface area contributed by atoms with E-state index in [1.54, 1.807) is 0 Å². The van der Waals surface area contributed by atoms with E-state index in [2.05, 4.69) is 0 Å². The first-order valence-corrected chi connectivity index (χ1v) is 6.95. The number of hydrogen-bond acceptors (Lipinski definition) is 2. The van der Waals surface area contributed by atoms with Crippen molar-refractivity contribution in [1.82, 2.24) is 0 Å². The third-order valence-corrected chi connectivity index (χ3v) is 5.20. The summed E-state index contributed by atoms with van der Waals surface area (Å²) in [5.74, 6) is 1.50. The zero-order valence-electron chi connectivity index (χ0n) is 8.28. The maximum absolute atomic E-state index is 12.7. The summed E-state index contributed by atoms with van der Waals surface area (Å²) >= 11 is 0. The third-order valence-electron chi connectivity index (χ3n) is 3.93. The van der Waals surface area contributed by atoms with Gasteiger partial charge in [0.15, 0.2) is 0 Å². The van der Waals surface area contributed by atoms with Crippen molar-refractivity contribution in [1.29, 1.82) is 0 Å². The molecule has 0 N–H and O–H groups in total. The first kappa shape index (κ1) is 10.4. The van der Waals surface area contributed by atoms with Crippen LogP contribution >= 0.6 is 0 Å². The summed E-state index contributed by atoms with van der Waals surface area (Å²) in [6, 6.07) is 0. The monoisotopic (exact) mass is 220 g/mol. The lowest BCUT2D eigenvalue weighted by molar-refractivity contribution is 0.162. The van der Waals surface area contributed by atoms with Crippen molar-refractivity contribution < 1.29 is 12.3 Å². The molecule has 2 saturated carbocycles. The molecule has 0 bridgehead atoms. The molecular weight excluding hydrogens is 203 g/mol. The molecule has 0 spiro atoms. The van der Waals surface area contributed by atoms with E-state index >= 15 is 0 Å². The van der Waals surface area contributed by atoms with Gasteiger partial charge in [0.25, 0.3) is 0 Å². The van der Waals surface area contributed by atoms with E-state index in [9.17, 15) is 12.3 Å². The topological polar surface area (TPSA) is 34.1 Å². The van der Waals surface area contributed by atoms with E-state index in [0.29, 0.717) is 18.8 Å². The lowest BCUT2D eigenvalue weighted by Gasteiger charge is -2.37. The molecule has 82 valence electrons. The average molecular weight is 220 g/mol. The zero-order valence-corrected chi connectivity index (χ0v) is 9.10. The highest BCUT2D eigenvalue weighted by atomic mass is 32.3. The molecule has 0 amide bonds. The molecule has 0 aromatic carbocycles. The zero-order chi connectivity index (χ0) is 10.2. The molecule has 0 atom stereocenters. The van der Waals surface area contributed by atoms with Gasteiger partial charge in [0, 0.05) is 0 Å². The van der Waals surface area contributed by atoms with Gasteiger partial charge in [-0.3, -0.25) is 0 Å². The smallest absolute Gasteiger partial charge is 0.195 e. The maximum Gasteiger partial charge on any atom is 0.305 e. The van der Waals surface area contributed by atoms with Crippen LogP contribution in [0.3, 0.4) is 0 Å². The van der Waals surface area contributed by atoms with Crippen molar-refractivity contribution in [2.75, 3.05) is 0 Å². The Bertz CT molecular complexity index is 287. The summed E-state index contributed by atoms with van der Waals surface area (Å²) < 4.78 is 34.0. The van der Waals surface area contributed by atoms with E-state index in [1.807, 2.05) is 0 Å². The standard InChI is InChI=1S/C10H17FO2S/c11-14(12,13)10-6-4-9(5-7-10)8-2-1-3-8/h8-10H,1-7H2. The van der Waals surface area contributed by atoms with E-state index in [1.165, 1.54) is 19.3 Å². The second-order valence-corrected chi connectivity index (χ2v) is 6.32. The van der Waals surface area contributed by atoms with Crippen LogP contribution in [0.5, 0.6) is 0 Å². The summed E-state index contributed by atoms with van der Waals surface area (Å²) in [6.45, 7) is 0. The molecule has 2 fully saturated rings. The Balaban J connectivity index is 1.85.